The molecule has 1 saturated heterocycles. The van der Waals surface area contributed by atoms with E-state index in [9.17, 15) is 9.90 Å². The van der Waals surface area contributed by atoms with Crippen molar-refractivity contribution in [3.8, 4) is 0 Å². The third-order valence-electron chi connectivity index (χ3n) is 8.18. The summed E-state index contributed by atoms with van der Waals surface area (Å²) >= 11 is 0. The molecule has 5 rings (SSSR count). The predicted molar refractivity (Wildman–Crippen MR) is 88.2 cm³/mol. The number of ketones is 1. The average molecular weight is 332 g/mol. The fourth-order valence-electron chi connectivity index (χ4n) is 6.63. The van der Waals surface area contributed by atoms with E-state index < -0.39 is 5.79 Å². The molecule has 4 fully saturated rings. The van der Waals surface area contributed by atoms with Crippen LogP contribution in [-0.2, 0) is 14.3 Å². The smallest absolute Gasteiger partial charge is 0.172 e. The molecule has 3 saturated carbocycles. The van der Waals surface area contributed by atoms with E-state index in [-0.39, 0.29) is 22.9 Å². The van der Waals surface area contributed by atoms with E-state index in [2.05, 4.69) is 13.0 Å². The molecule has 24 heavy (non-hydrogen) atoms. The highest BCUT2D eigenvalue weighted by molar-refractivity contribution is 5.92. The lowest BCUT2D eigenvalue weighted by atomic mass is 9.58. The van der Waals surface area contributed by atoms with Gasteiger partial charge in [-0.05, 0) is 49.9 Å². The molecule has 4 nitrogen and oxygen atoms in total. The van der Waals surface area contributed by atoms with Crippen molar-refractivity contribution >= 4 is 5.78 Å². The monoisotopic (exact) mass is 332 g/mol. The number of Topliss-reactive ketones (excluding diaryl/α,β-unsaturated/α-hetero) is 1. The van der Waals surface area contributed by atoms with Crippen molar-refractivity contribution in [2.75, 3.05) is 13.2 Å². The summed E-state index contributed by atoms with van der Waals surface area (Å²) in [5.41, 5.74) is 0.897. The van der Waals surface area contributed by atoms with E-state index in [1.54, 1.807) is 0 Å². The third kappa shape index (κ3) is 1.83. The van der Waals surface area contributed by atoms with Gasteiger partial charge in [0.2, 0.25) is 0 Å². The zero-order valence-electron chi connectivity index (χ0n) is 14.6. The van der Waals surface area contributed by atoms with Crippen LogP contribution in [0.1, 0.15) is 58.3 Å². The normalized spacial score (nSPS) is 49.5. The van der Waals surface area contributed by atoms with Crippen LogP contribution >= 0.6 is 0 Å². The molecule has 0 aromatic heterocycles. The van der Waals surface area contributed by atoms with Gasteiger partial charge >= 0.3 is 0 Å². The van der Waals surface area contributed by atoms with Crippen molar-refractivity contribution in [1.82, 2.24) is 0 Å². The van der Waals surface area contributed by atoms with E-state index in [1.165, 1.54) is 5.57 Å². The quantitative estimate of drug-likeness (QED) is 0.693. The maximum absolute atomic E-state index is 13.6. The molecule has 1 heterocycles. The summed E-state index contributed by atoms with van der Waals surface area (Å²) in [6, 6.07) is 0. The molecule has 0 aromatic rings. The van der Waals surface area contributed by atoms with Crippen LogP contribution < -0.4 is 0 Å². The number of carbonyl (C=O) groups excluding carboxylic acids is 1. The molecule has 4 aliphatic carbocycles. The van der Waals surface area contributed by atoms with Gasteiger partial charge in [-0.25, -0.2) is 0 Å². The van der Waals surface area contributed by atoms with Gasteiger partial charge in [-0.2, -0.15) is 0 Å². The molecule has 0 radical (unpaired) electrons. The second kappa shape index (κ2) is 4.93. The molecule has 5 atom stereocenters. The number of hydrogen-bond acceptors (Lipinski definition) is 4. The molecular weight excluding hydrogens is 304 g/mol. The van der Waals surface area contributed by atoms with E-state index in [1.807, 2.05) is 0 Å². The highest BCUT2D eigenvalue weighted by atomic mass is 16.7. The number of ether oxygens (including phenoxy) is 2. The molecule has 5 aliphatic rings. The van der Waals surface area contributed by atoms with Gasteiger partial charge in [-0.1, -0.05) is 18.6 Å². The van der Waals surface area contributed by atoms with Crippen molar-refractivity contribution in [3.05, 3.63) is 11.6 Å². The van der Waals surface area contributed by atoms with Gasteiger partial charge in [0.1, 0.15) is 5.78 Å². The number of fused-ring (bicyclic) bond motifs is 3. The minimum Gasteiger partial charge on any atom is -0.393 e. The number of aliphatic hydroxyl groups excluding tert-OH is 1. The summed E-state index contributed by atoms with van der Waals surface area (Å²) in [5, 5.41) is 10.6. The van der Waals surface area contributed by atoms with Crippen molar-refractivity contribution in [1.29, 1.82) is 0 Å². The Bertz CT molecular complexity index is 605. The number of allylic oxidation sites excluding steroid dienone is 1. The lowest BCUT2D eigenvalue weighted by Gasteiger charge is -2.48. The summed E-state index contributed by atoms with van der Waals surface area (Å²) in [7, 11) is 0. The molecule has 2 bridgehead atoms. The van der Waals surface area contributed by atoms with Crippen LogP contribution in [0.2, 0.25) is 0 Å². The minimum absolute atomic E-state index is 0.0807. The van der Waals surface area contributed by atoms with Crippen molar-refractivity contribution < 1.29 is 19.4 Å². The molecule has 132 valence electrons. The zero-order chi connectivity index (χ0) is 16.6. The van der Waals surface area contributed by atoms with Gasteiger partial charge in [-0.3, -0.25) is 4.79 Å². The molecule has 1 aliphatic heterocycles. The fourth-order valence-corrected chi connectivity index (χ4v) is 6.63. The van der Waals surface area contributed by atoms with Gasteiger partial charge in [0.05, 0.1) is 24.7 Å². The second-order valence-corrected chi connectivity index (χ2v) is 9.01. The van der Waals surface area contributed by atoms with Gasteiger partial charge in [0, 0.05) is 18.8 Å². The first-order valence-electron chi connectivity index (χ1n) is 9.69. The number of carbonyl (C=O) groups is 1. The molecule has 4 heteroatoms. The van der Waals surface area contributed by atoms with Crippen LogP contribution in [0.4, 0.5) is 0 Å². The average Bonchev–Trinajstić information content (AvgIpc) is 3.13. The lowest BCUT2D eigenvalue weighted by molar-refractivity contribution is -0.180. The van der Waals surface area contributed by atoms with Crippen LogP contribution in [0.5, 0.6) is 0 Å². The fraction of sp³-hybridized carbons (Fsp3) is 0.850. The molecule has 0 aromatic carbocycles. The minimum atomic E-state index is -0.463. The maximum Gasteiger partial charge on any atom is 0.172 e. The summed E-state index contributed by atoms with van der Waals surface area (Å²) in [5.74, 6) is 0.469. The summed E-state index contributed by atoms with van der Waals surface area (Å²) in [6.07, 6.45) is 9.11. The van der Waals surface area contributed by atoms with Crippen LogP contribution in [0.15, 0.2) is 11.6 Å². The lowest BCUT2D eigenvalue weighted by Crippen LogP contribution is -2.49. The first-order chi connectivity index (χ1) is 11.5. The number of rotatable bonds is 0. The first-order valence-corrected chi connectivity index (χ1v) is 9.69. The first kappa shape index (κ1) is 15.5. The van der Waals surface area contributed by atoms with Crippen LogP contribution in [-0.4, -0.2) is 36.0 Å². The Morgan fingerprint density at radius 3 is 2.67 bits per heavy atom. The number of aliphatic hydroxyl groups is 1. The van der Waals surface area contributed by atoms with Gasteiger partial charge in [0.15, 0.2) is 5.79 Å². The van der Waals surface area contributed by atoms with E-state index in [0.717, 1.165) is 51.4 Å². The summed E-state index contributed by atoms with van der Waals surface area (Å²) < 4.78 is 11.9. The Balaban J connectivity index is 1.53. The van der Waals surface area contributed by atoms with Gasteiger partial charge < -0.3 is 14.6 Å². The Morgan fingerprint density at radius 1 is 1.12 bits per heavy atom. The SMILES string of the molecule is CC12CCC34CCC5(CC3=CCC(C4=O)C1CCC2O)OCCO5. The van der Waals surface area contributed by atoms with Crippen LogP contribution in [0, 0.1) is 22.7 Å². The highest BCUT2D eigenvalue weighted by Gasteiger charge is 2.61. The second-order valence-electron chi connectivity index (χ2n) is 9.01. The third-order valence-corrected chi connectivity index (χ3v) is 8.18. The van der Waals surface area contributed by atoms with Crippen LogP contribution in [0.3, 0.4) is 0 Å². The standard InChI is InChI=1S/C20H28O4/c1-18-6-7-19-8-9-20(23-10-11-24-20)12-13(19)2-3-14(17(19)22)15(18)4-5-16(18)21/h2,14-16,21H,3-12H2,1H3. The Kier molecular flexibility index (Phi) is 3.19. The largest absolute Gasteiger partial charge is 0.393 e. The van der Waals surface area contributed by atoms with Crippen molar-refractivity contribution in [3.63, 3.8) is 0 Å². The van der Waals surface area contributed by atoms with Gasteiger partial charge in [0.25, 0.3) is 0 Å². The summed E-state index contributed by atoms with van der Waals surface area (Å²) in [4.78, 5) is 13.6. The molecule has 5 unspecified atom stereocenters. The molecule has 2 spiro atoms. The maximum atomic E-state index is 13.6. The summed E-state index contributed by atoms with van der Waals surface area (Å²) in [6.45, 7) is 3.57. The Hall–Kier alpha value is -0.710. The number of hydrogen-bond donors (Lipinski definition) is 1. The Labute approximate surface area is 143 Å². The van der Waals surface area contributed by atoms with E-state index >= 15 is 0 Å². The van der Waals surface area contributed by atoms with Gasteiger partial charge in [-0.15, -0.1) is 0 Å². The van der Waals surface area contributed by atoms with E-state index in [0.29, 0.717) is 24.9 Å². The molecular formula is C20H28O4. The topological polar surface area (TPSA) is 55.8 Å². The van der Waals surface area contributed by atoms with E-state index in [4.69, 9.17) is 9.47 Å². The zero-order valence-corrected chi connectivity index (χ0v) is 14.6. The molecule has 1 N–H and O–H groups in total. The Morgan fingerprint density at radius 2 is 1.88 bits per heavy atom. The molecule has 0 amide bonds. The van der Waals surface area contributed by atoms with Crippen molar-refractivity contribution in [2.24, 2.45) is 22.7 Å². The van der Waals surface area contributed by atoms with Crippen LogP contribution in [0.25, 0.3) is 0 Å². The highest BCUT2D eigenvalue weighted by Crippen LogP contribution is 2.63. The predicted octanol–water partition coefficient (Wildman–Crippen LogP) is 2.99. The van der Waals surface area contributed by atoms with Crippen molar-refractivity contribution in [2.45, 2.75) is 70.2 Å².